The van der Waals surface area contributed by atoms with Crippen molar-refractivity contribution in [3.63, 3.8) is 0 Å². The Hall–Kier alpha value is -1.12. The van der Waals surface area contributed by atoms with Crippen LogP contribution in [0.2, 0.25) is 0 Å². The second kappa shape index (κ2) is 3.15. The Morgan fingerprint density at radius 1 is 1.60 bits per heavy atom. The molecule has 0 saturated carbocycles. The van der Waals surface area contributed by atoms with Crippen LogP contribution >= 0.6 is 0 Å². The Morgan fingerprint density at radius 3 is 3.00 bits per heavy atom. The van der Waals surface area contributed by atoms with E-state index in [2.05, 4.69) is 16.9 Å². The molecule has 0 fully saturated rings. The lowest BCUT2D eigenvalue weighted by atomic mass is 10.2. The maximum absolute atomic E-state index is 5.37. The largest absolute Gasteiger partial charge is 0.368 e. The molecule has 2 N–H and O–H groups in total. The Kier molecular flexibility index (Phi) is 2.20. The second-order valence-electron chi connectivity index (χ2n) is 2.16. The van der Waals surface area contributed by atoms with Crippen LogP contribution in [0.15, 0.2) is 12.3 Å². The van der Waals surface area contributed by atoms with Crippen LogP contribution in [0.25, 0.3) is 0 Å². The van der Waals surface area contributed by atoms with Gasteiger partial charge in [0.1, 0.15) is 0 Å². The summed E-state index contributed by atoms with van der Waals surface area (Å²) < 4.78 is 0. The molecule has 0 radical (unpaired) electrons. The molecule has 0 amide bonds. The summed E-state index contributed by atoms with van der Waals surface area (Å²) in [4.78, 5) is 7.82. The third-order valence-corrected chi connectivity index (χ3v) is 1.24. The van der Waals surface area contributed by atoms with Gasteiger partial charge in [-0.15, -0.1) is 0 Å². The van der Waals surface area contributed by atoms with Crippen molar-refractivity contribution in [1.82, 2.24) is 9.97 Å². The van der Waals surface area contributed by atoms with Gasteiger partial charge in [-0.2, -0.15) is 0 Å². The van der Waals surface area contributed by atoms with Crippen LogP contribution in [0.5, 0.6) is 0 Å². The third kappa shape index (κ3) is 1.69. The fourth-order valence-corrected chi connectivity index (χ4v) is 0.808. The van der Waals surface area contributed by atoms with Crippen molar-refractivity contribution >= 4 is 5.95 Å². The molecular formula is C7H11N3. The molecule has 0 bridgehead atoms. The van der Waals surface area contributed by atoms with Gasteiger partial charge in [0, 0.05) is 11.9 Å². The number of hydrogen-bond donors (Lipinski definition) is 1. The molecule has 1 aromatic rings. The zero-order chi connectivity index (χ0) is 7.40. The molecule has 1 heterocycles. The first-order valence-electron chi connectivity index (χ1n) is 3.40. The second-order valence-corrected chi connectivity index (χ2v) is 2.16. The van der Waals surface area contributed by atoms with Crippen molar-refractivity contribution in [2.75, 3.05) is 5.73 Å². The summed E-state index contributed by atoms with van der Waals surface area (Å²) in [5, 5.41) is 0. The van der Waals surface area contributed by atoms with E-state index >= 15 is 0 Å². The van der Waals surface area contributed by atoms with Crippen molar-refractivity contribution in [1.29, 1.82) is 0 Å². The SMILES string of the molecule is CCCc1ccnc(N)n1. The van der Waals surface area contributed by atoms with E-state index in [0.29, 0.717) is 5.95 Å². The van der Waals surface area contributed by atoms with Crippen LogP contribution in [-0.4, -0.2) is 9.97 Å². The van der Waals surface area contributed by atoms with Crippen molar-refractivity contribution in [3.05, 3.63) is 18.0 Å². The highest BCUT2D eigenvalue weighted by Crippen LogP contribution is 1.98. The van der Waals surface area contributed by atoms with E-state index in [9.17, 15) is 0 Å². The van der Waals surface area contributed by atoms with Gasteiger partial charge in [-0.25, -0.2) is 9.97 Å². The fraction of sp³-hybridized carbons (Fsp3) is 0.429. The molecule has 0 aliphatic rings. The molecule has 0 spiro atoms. The zero-order valence-corrected chi connectivity index (χ0v) is 6.04. The van der Waals surface area contributed by atoms with Crippen molar-refractivity contribution in [2.45, 2.75) is 19.8 Å². The summed E-state index contributed by atoms with van der Waals surface area (Å²) in [6.45, 7) is 2.11. The predicted molar refractivity (Wildman–Crippen MR) is 40.4 cm³/mol. The van der Waals surface area contributed by atoms with Gasteiger partial charge in [0.2, 0.25) is 5.95 Å². The van der Waals surface area contributed by atoms with Crippen molar-refractivity contribution in [3.8, 4) is 0 Å². The number of nitrogens with zero attached hydrogens (tertiary/aromatic N) is 2. The van der Waals surface area contributed by atoms with E-state index < -0.39 is 0 Å². The van der Waals surface area contributed by atoms with Gasteiger partial charge in [0.15, 0.2) is 0 Å². The van der Waals surface area contributed by atoms with Crippen LogP contribution in [0, 0.1) is 0 Å². The molecular weight excluding hydrogens is 126 g/mol. The monoisotopic (exact) mass is 137 g/mol. The number of nitrogens with two attached hydrogens (primary N) is 1. The lowest BCUT2D eigenvalue weighted by Gasteiger charge is -1.96. The molecule has 0 saturated heterocycles. The van der Waals surface area contributed by atoms with E-state index in [-0.39, 0.29) is 0 Å². The molecule has 1 aromatic heterocycles. The number of aromatic nitrogens is 2. The number of rotatable bonds is 2. The van der Waals surface area contributed by atoms with Crippen LogP contribution in [0.1, 0.15) is 19.0 Å². The molecule has 0 unspecified atom stereocenters. The van der Waals surface area contributed by atoms with Gasteiger partial charge >= 0.3 is 0 Å². The molecule has 0 aromatic carbocycles. The Morgan fingerprint density at radius 2 is 2.40 bits per heavy atom. The quantitative estimate of drug-likeness (QED) is 0.661. The number of anilines is 1. The van der Waals surface area contributed by atoms with Crippen molar-refractivity contribution < 1.29 is 0 Å². The van der Waals surface area contributed by atoms with Gasteiger partial charge in [-0.05, 0) is 12.5 Å². The summed E-state index contributed by atoms with van der Waals surface area (Å²) in [7, 11) is 0. The number of nitrogen functional groups attached to an aromatic ring is 1. The normalized spacial score (nSPS) is 9.70. The lowest BCUT2D eigenvalue weighted by Crippen LogP contribution is -1.97. The Bertz CT molecular complexity index is 210. The van der Waals surface area contributed by atoms with Gasteiger partial charge in [-0.1, -0.05) is 13.3 Å². The van der Waals surface area contributed by atoms with E-state index in [1.165, 1.54) is 0 Å². The van der Waals surface area contributed by atoms with Gasteiger partial charge in [0.25, 0.3) is 0 Å². The van der Waals surface area contributed by atoms with Crippen LogP contribution in [-0.2, 0) is 6.42 Å². The van der Waals surface area contributed by atoms with Crippen LogP contribution < -0.4 is 5.73 Å². The molecule has 1 rings (SSSR count). The average molecular weight is 137 g/mol. The Labute approximate surface area is 60.3 Å². The molecule has 3 heteroatoms. The molecule has 0 aliphatic carbocycles. The first kappa shape index (κ1) is 6.99. The maximum Gasteiger partial charge on any atom is 0.220 e. The minimum atomic E-state index is 0.367. The van der Waals surface area contributed by atoms with Crippen LogP contribution in [0.3, 0.4) is 0 Å². The van der Waals surface area contributed by atoms with Gasteiger partial charge < -0.3 is 5.73 Å². The molecule has 3 nitrogen and oxygen atoms in total. The Balaban J connectivity index is 2.75. The average Bonchev–Trinajstić information content (AvgIpc) is 1.88. The molecule has 0 aliphatic heterocycles. The highest BCUT2D eigenvalue weighted by Gasteiger charge is 1.92. The standard InChI is InChI=1S/C7H11N3/c1-2-3-6-4-5-9-7(8)10-6/h4-5H,2-3H2,1H3,(H2,8,9,10). The van der Waals surface area contributed by atoms with Gasteiger partial charge in [0.05, 0.1) is 0 Å². The topological polar surface area (TPSA) is 51.8 Å². The lowest BCUT2D eigenvalue weighted by molar-refractivity contribution is 0.876. The maximum atomic E-state index is 5.37. The minimum absolute atomic E-state index is 0.367. The molecule has 0 atom stereocenters. The summed E-state index contributed by atoms with van der Waals surface area (Å²) in [5.74, 6) is 0.367. The van der Waals surface area contributed by atoms with Crippen LogP contribution in [0.4, 0.5) is 5.95 Å². The smallest absolute Gasteiger partial charge is 0.220 e. The third-order valence-electron chi connectivity index (χ3n) is 1.24. The van der Waals surface area contributed by atoms with Gasteiger partial charge in [-0.3, -0.25) is 0 Å². The highest BCUT2D eigenvalue weighted by atomic mass is 15.0. The van der Waals surface area contributed by atoms with E-state index in [1.807, 2.05) is 6.07 Å². The first-order valence-corrected chi connectivity index (χ1v) is 3.40. The first-order chi connectivity index (χ1) is 4.83. The van der Waals surface area contributed by atoms with E-state index in [1.54, 1.807) is 6.20 Å². The van der Waals surface area contributed by atoms with Crippen molar-refractivity contribution in [2.24, 2.45) is 0 Å². The van der Waals surface area contributed by atoms with E-state index in [0.717, 1.165) is 18.5 Å². The molecule has 54 valence electrons. The zero-order valence-electron chi connectivity index (χ0n) is 6.04. The minimum Gasteiger partial charge on any atom is -0.368 e. The summed E-state index contributed by atoms with van der Waals surface area (Å²) in [5.41, 5.74) is 6.39. The molecule has 10 heavy (non-hydrogen) atoms. The predicted octanol–water partition coefficient (Wildman–Crippen LogP) is 1.01. The summed E-state index contributed by atoms with van der Waals surface area (Å²) in [6, 6.07) is 1.89. The number of aryl methyl sites for hydroxylation is 1. The highest BCUT2D eigenvalue weighted by molar-refractivity contribution is 5.16. The summed E-state index contributed by atoms with van der Waals surface area (Å²) >= 11 is 0. The summed E-state index contributed by atoms with van der Waals surface area (Å²) in [6.07, 6.45) is 3.76. The fourth-order valence-electron chi connectivity index (χ4n) is 0.808. The number of hydrogen-bond acceptors (Lipinski definition) is 3. The van der Waals surface area contributed by atoms with E-state index in [4.69, 9.17) is 5.73 Å².